The Bertz CT molecular complexity index is 1260. The number of fused-ring (bicyclic) bond motifs is 1. The molecule has 7 heteroatoms. The van der Waals surface area contributed by atoms with Crippen molar-refractivity contribution in [1.29, 1.82) is 0 Å². The number of halogens is 2. The molecule has 0 unspecified atom stereocenters. The number of aromatic amines is 1. The van der Waals surface area contributed by atoms with E-state index < -0.39 is 17.6 Å². The lowest BCUT2D eigenvalue weighted by Gasteiger charge is -2.09. The Labute approximate surface area is 177 Å². The van der Waals surface area contributed by atoms with E-state index in [9.17, 15) is 18.4 Å². The third-order valence-electron chi connectivity index (χ3n) is 4.89. The first-order valence-corrected chi connectivity index (χ1v) is 9.62. The molecule has 0 aliphatic rings. The number of rotatable bonds is 5. The molecule has 1 heterocycles. The fourth-order valence-corrected chi connectivity index (χ4v) is 3.27. The van der Waals surface area contributed by atoms with E-state index in [0.717, 1.165) is 11.1 Å². The van der Waals surface area contributed by atoms with Crippen molar-refractivity contribution in [3.8, 4) is 0 Å². The third-order valence-corrected chi connectivity index (χ3v) is 4.89. The highest BCUT2D eigenvalue weighted by molar-refractivity contribution is 6.15. The molecule has 3 aromatic carbocycles. The van der Waals surface area contributed by atoms with Crippen molar-refractivity contribution in [2.75, 3.05) is 5.32 Å². The van der Waals surface area contributed by atoms with Gasteiger partial charge in [-0.15, -0.1) is 0 Å². The molecule has 0 aliphatic heterocycles. The maximum absolute atomic E-state index is 13.2. The van der Waals surface area contributed by atoms with Crippen LogP contribution >= 0.6 is 0 Å². The van der Waals surface area contributed by atoms with Crippen molar-refractivity contribution in [1.82, 2.24) is 10.3 Å². The summed E-state index contributed by atoms with van der Waals surface area (Å²) >= 11 is 0. The molecule has 1 aromatic heterocycles. The van der Waals surface area contributed by atoms with Crippen molar-refractivity contribution < 1.29 is 18.4 Å². The van der Waals surface area contributed by atoms with E-state index >= 15 is 0 Å². The van der Waals surface area contributed by atoms with Gasteiger partial charge in [0.25, 0.3) is 11.8 Å². The van der Waals surface area contributed by atoms with Gasteiger partial charge in [-0.2, -0.15) is 0 Å². The van der Waals surface area contributed by atoms with Gasteiger partial charge in [0.05, 0.1) is 5.69 Å². The van der Waals surface area contributed by atoms with E-state index in [2.05, 4.69) is 15.6 Å². The summed E-state index contributed by atoms with van der Waals surface area (Å²) in [6, 6.07) is 16.5. The second-order valence-electron chi connectivity index (χ2n) is 7.19. The number of carbonyl (C=O) groups excluding carboxylic acids is 2. The molecule has 0 spiro atoms. The van der Waals surface area contributed by atoms with Crippen LogP contribution in [0.3, 0.4) is 0 Å². The number of aromatic nitrogens is 1. The number of aryl methyl sites for hydroxylation is 1. The highest BCUT2D eigenvalue weighted by Crippen LogP contribution is 2.29. The minimum Gasteiger partial charge on any atom is -0.349 e. The molecule has 0 atom stereocenters. The molecule has 5 nitrogen and oxygen atoms in total. The SMILES string of the molecule is Cc1ccc2[nH]c(C(=O)NCc3ccc(F)cc3)c(NC(=O)c3ccc(F)cc3)c2c1. The first-order chi connectivity index (χ1) is 14.9. The summed E-state index contributed by atoms with van der Waals surface area (Å²) in [4.78, 5) is 28.7. The molecule has 0 fully saturated rings. The van der Waals surface area contributed by atoms with Gasteiger partial charge < -0.3 is 15.6 Å². The Morgan fingerprint density at radius 1 is 0.871 bits per heavy atom. The number of H-pyrrole nitrogens is 1. The van der Waals surface area contributed by atoms with E-state index in [1.165, 1.54) is 36.4 Å². The molecule has 0 saturated heterocycles. The predicted octanol–water partition coefficient (Wildman–Crippen LogP) is 4.94. The van der Waals surface area contributed by atoms with Crippen LogP contribution in [-0.4, -0.2) is 16.8 Å². The van der Waals surface area contributed by atoms with E-state index in [1.54, 1.807) is 12.1 Å². The highest BCUT2D eigenvalue weighted by atomic mass is 19.1. The maximum Gasteiger partial charge on any atom is 0.270 e. The van der Waals surface area contributed by atoms with E-state index in [1.807, 2.05) is 25.1 Å². The quantitative estimate of drug-likeness (QED) is 0.429. The molecular weight excluding hydrogens is 400 g/mol. The van der Waals surface area contributed by atoms with Crippen LogP contribution in [0.15, 0.2) is 66.7 Å². The largest absolute Gasteiger partial charge is 0.349 e. The van der Waals surface area contributed by atoms with Crippen LogP contribution in [-0.2, 0) is 6.54 Å². The molecule has 31 heavy (non-hydrogen) atoms. The Morgan fingerprint density at radius 3 is 2.19 bits per heavy atom. The smallest absolute Gasteiger partial charge is 0.270 e. The first kappa shape index (κ1) is 20.3. The van der Waals surface area contributed by atoms with E-state index in [4.69, 9.17) is 0 Å². The minimum atomic E-state index is -0.463. The highest BCUT2D eigenvalue weighted by Gasteiger charge is 2.20. The summed E-state index contributed by atoms with van der Waals surface area (Å²) in [5.74, 6) is -1.69. The maximum atomic E-state index is 13.2. The Kier molecular flexibility index (Phi) is 5.49. The van der Waals surface area contributed by atoms with Gasteiger partial charge in [-0.3, -0.25) is 9.59 Å². The van der Waals surface area contributed by atoms with Crippen molar-refractivity contribution in [3.63, 3.8) is 0 Å². The molecular formula is C24H19F2N3O2. The minimum absolute atomic E-state index is 0.193. The van der Waals surface area contributed by atoms with Crippen LogP contribution < -0.4 is 10.6 Å². The van der Waals surface area contributed by atoms with Crippen LogP contribution in [0.1, 0.15) is 32.0 Å². The summed E-state index contributed by atoms with van der Waals surface area (Å²) < 4.78 is 26.3. The molecule has 0 radical (unpaired) electrons. The monoisotopic (exact) mass is 419 g/mol. The molecule has 0 bridgehead atoms. The topological polar surface area (TPSA) is 74.0 Å². The average Bonchev–Trinajstić information content (AvgIpc) is 3.11. The lowest BCUT2D eigenvalue weighted by atomic mass is 10.1. The fraction of sp³-hybridized carbons (Fsp3) is 0.0833. The average molecular weight is 419 g/mol. The molecule has 2 amide bonds. The second-order valence-corrected chi connectivity index (χ2v) is 7.19. The standard InChI is InChI=1S/C24H19F2N3O2/c1-14-2-11-20-19(12-14)21(29-23(30)16-5-9-18(26)10-6-16)22(28-20)24(31)27-13-15-3-7-17(25)8-4-15/h2-12,28H,13H2,1H3,(H,27,31)(H,29,30). The van der Waals surface area contributed by atoms with Crippen molar-refractivity contribution >= 4 is 28.4 Å². The van der Waals surface area contributed by atoms with Crippen LogP contribution in [0, 0.1) is 18.6 Å². The van der Waals surface area contributed by atoms with Crippen LogP contribution in [0.2, 0.25) is 0 Å². The van der Waals surface area contributed by atoms with E-state index in [-0.39, 0.29) is 23.6 Å². The number of benzene rings is 3. The summed E-state index contributed by atoms with van der Waals surface area (Å²) in [6.45, 7) is 2.10. The molecule has 0 saturated carbocycles. The summed E-state index contributed by atoms with van der Waals surface area (Å²) in [5, 5.41) is 6.24. The lowest BCUT2D eigenvalue weighted by molar-refractivity contribution is 0.0947. The van der Waals surface area contributed by atoms with Gasteiger partial charge in [0.2, 0.25) is 0 Å². The number of hydrogen-bond acceptors (Lipinski definition) is 2. The number of amides is 2. The molecule has 0 aliphatic carbocycles. The van der Waals surface area contributed by atoms with Crippen molar-refractivity contribution in [3.05, 3.63) is 101 Å². The number of anilines is 1. The molecule has 3 N–H and O–H groups in total. The van der Waals surface area contributed by atoms with Gasteiger partial charge in [-0.05, 0) is 61.0 Å². The summed E-state index contributed by atoms with van der Waals surface area (Å²) in [7, 11) is 0. The number of hydrogen-bond donors (Lipinski definition) is 3. The van der Waals surface area contributed by atoms with Crippen molar-refractivity contribution in [2.45, 2.75) is 13.5 Å². The van der Waals surface area contributed by atoms with Gasteiger partial charge in [0, 0.05) is 23.0 Å². The number of nitrogens with one attached hydrogen (secondary N) is 3. The normalized spacial score (nSPS) is 10.8. The van der Waals surface area contributed by atoms with E-state index in [0.29, 0.717) is 16.6 Å². The zero-order valence-corrected chi connectivity index (χ0v) is 16.6. The first-order valence-electron chi connectivity index (χ1n) is 9.62. The summed E-state index contributed by atoms with van der Waals surface area (Å²) in [5.41, 5.74) is 3.18. The molecule has 156 valence electrons. The molecule has 4 rings (SSSR count). The fourth-order valence-electron chi connectivity index (χ4n) is 3.27. The zero-order valence-electron chi connectivity index (χ0n) is 16.6. The van der Waals surface area contributed by atoms with Crippen LogP contribution in [0.25, 0.3) is 10.9 Å². The van der Waals surface area contributed by atoms with Gasteiger partial charge in [0.15, 0.2) is 0 Å². The Balaban J connectivity index is 1.64. The predicted molar refractivity (Wildman–Crippen MR) is 115 cm³/mol. The zero-order chi connectivity index (χ0) is 22.0. The lowest BCUT2D eigenvalue weighted by Crippen LogP contribution is -2.25. The Hall–Kier alpha value is -4.00. The van der Waals surface area contributed by atoms with Gasteiger partial charge >= 0.3 is 0 Å². The van der Waals surface area contributed by atoms with Gasteiger partial charge in [-0.25, -0.2) is 8.78 Å². The Morgan fingerprint density at radius 2 is 1.52 bits per heavy atom. The second kappa shape index (κ2) is 8.39. The van der Waals surface area contributed by atoms with Crippen molar-refractivity contribution in [2.24, 2.45) is 0 Å². The van der Waals surface area contributed by atoms with Gasteiger partial charge in [0.1, 0.15) is 17.3 Å². The summed E-state index contributed by atoms with van der Waals surface area (Å²) in [6.07, 6.45) is 0. The number of carbonyl (C=O) groups is 2. The van der Waals surface area contributed by atoms with Gasteiger partial charge in [-0.1, -0.05) is 23.8 Å². The van der Waals surface area contributed by atoms with Crippen LogP contribution in [0.4, 0.5) is 14.5 Å². The van der Waals surface area contributed by atoms with Crippen LogP contribution in [0.5, 0.6) is 0 Å². The molecule has 4 aromatic rings. The third kappa shape index (κ3) is 4.45.